The minimum absolute atomic E-state index is 0.0280. The molecular formula is C11H10F3N3O2. The fourth-order valence-corrected chi connectivity index (χ4v) is 1.60. The number of H-pyrrole nitrogens is 1. The first-order valence-corrected chi connectivity index (χ1v) is 5.19. The Hall–Kier alpha value is -2.22. The van der Waals surface area contributed by atoms with Crippen molar-refractivity contribution < 1.29 is 17.9 Å². The van der Waals surface area contributed by atoms with Crippen molar-refractivity contribution in [1.29, 1.82) is 0 Å². The summed E-state index contributed by atoms with van der Waals surface area (Å²) in [5.74, 6) is -4.40. The summed E-state index contributed by atoms with van der Waals surface area (Å²) in [5.41, 5.74) is 4.76. The van der Waals surface area contributed by atoms with Crippen LogP contribution >= 0.6 is 0 Å². The van der Waals surface area contributed by atoms with Crippen molar-refractivity contribution >= 4 is 5.69 Å². The van der Waals surface area contributed by atoms with E-state index in [1.165, 1.54) is 7.11 Å². The van der Waals surface area contributed by atoms with Crippen molar-refractivity contribution in [2.45, 2.75) is 6.61 Å². The van der Waals surface area contributed by atoms with Crippen LogP contribution < -0.4 is 11.3 Å². The van der Waals surface area contributed by atoms with Crippen molar-refractivity contribution in [1.82, 2.24) is 9.78 Å². The average Bonchev–Trinajstić information content (AvgIpc) is 2.64. The van der Waals surface area contributed by atoms with Crippen LogP contribution in [0.3, 0.4) is 0 Å². The van der Waals surface area contributed by atoms with Gasteiger partial charge in [-0.15, -0.1) is 0 Å². The van der Waals surface area contributed by atoms with Crippen molar-refractivity contribution in [2.75, 3.05) is 12.8 Å². The molecular weight excluding hydrogens is 263 g/mol. The highest BCUT2D eigenvalue weighted by Gasteiger charge is 2.16. The number of aromatic nitrogens is 2. The Balaban J connectivity index is 2.60. The molecule has 0 saturated heterocycles. The minimum Gasteiger partial charge on any atom is -0.393 e. The number of rotatable bonds is 3. The first kappa shape index (κ1) is 13.2. The summed E-state index contributed by atoms with van der Waals surface area (Å²) in [7, 11) is 1.40. The quantitative estimate of drug-likeness (QED) is 0.828. The number of ether oxygens (including phenoxy) is 1. The average molecular weight is 273 g/mol. The van der Waals surface area contributed by atoms with Crippen LogP contribution in [-0.2, 0) is 11.3 Å². The molecule has 19 heavy (non-hydrogen) atoms. The van der Waals surface area contributed by atoms with E-state index >= 15 is 0 Å². The van der Waals surface area contributed by atoms with Crippen LogP contribution in [0.15, 0.2) is 16.9 Å². The van der Waals surface area contributed by atoms with Gasteiger partial charge in [-0.25, -0.2) is 17.9 Å². The van der Waals surface area contributed by atoms with E-state index in [2.05, 4.69) is 5.10 Å². The molecule has 5 nitrogen and oxygen atoms in total. The third kappa shape index (κ3) is 2.22. The molecule has 0 radical (unpaired) electrons. The van der Waals surface area contributed by atoms with Gasteiger partial charge in [0, 0.05) is 19.2 Å². The number of nitrogen functional groups attached to an aromatic ring is 1. The van der Waals surface area contributed by atoms with Gasteiger partial charge in [0.05, 0.1) is 18.0 Å². The maximum Gasteiger partial charge on any atom is 0.294 e. The molecule has 0 aliphatic heterocycles. The zero-order valence-electron chi connectivity index (χ0n) is 9.84. The van der Waals surface area contributed by atoms with Gasteiger partial charge in [-0.1, -0.05) is 0 Å². The lowest BCUT2D eigenvalue weighted by Crippen LogP contribution is -2.17. The molecule has 2 aromatic rings. The molecule has 1 aromatic heterocycles. The molecule has 0 unspecified atom stereocenters. The Bertz CT molecular complexity index is 655. The molecule has 0 fully saturated rings. The van der Waals surface area contributed by atoms with E-state index in [1.807, 2.05) is 0 Å². The van der Waals surface area contributed by atoms with Crippen molar-refractivity contribution in [3.05, 3.63) is 45.6 Å². The van der Waals surface area contributed by atoms with Crippen molar-refractivity contribution in [3.8, 4) is 5.69 Å². The summed E-state index contributed by atoms with van der Waals surface area (Å²) in [5, 5.41) is 2.54. The smallest absolute Gasteiger partial charge is 0.294 e. The van der Waals surface area contributed by atoms with Gasteiger partial charge in [-0.05, 0) is 0 Å². The SMILES string of the molecule is COCc1[nH]n(-c2cc(F)c(F)c(F)c2)c(=O)c1N. The normalized spacial score (nSPS) is 10.9. The summed E-state index contributed by atoms with van der Waals surface area (Å²) in [6, 6.07) is 1.37. The first-order chi connectivity index (χ1) is 8.95. The van der Waals surface area contributed by atoms with Crippen molar-refractivity contribution in [3.63, 3.8) is 0 Å². The highest BCUT2D eigenvalue weighted by atomic mass is 19.2. The van der Waals surface area contributed by atoms with E-state index in [4.69, 9.17) is 10.5 Å². The van der Waals surface area contributed by atoms with Gasteiger partial charge in [-0.3, -0.25) is 9.89 Å². The van der Waals surface area contributed by atoms with Crippen LogP contribution in [-0.4, -0.2) is 16.9 Å². The number of hydrogen-bond acceptors (Lipinski definition) is 3. The van der Waals surface area contributed by atoms with Gasteiger partial charge in [0.25, 0.3) is 5.56 Å². The topological polar surface area (TPSA) is 73.0 Å². The highest BCUT2D eigenvalue weighted by Crippen LogP contribution is 2.16. The Kier molecular flexibility index (Phi) is 3.34. The number of nitrogens with two attached hydrogens (primary N) is 1. The number of nitrogens with one attached hydrogen (secondary N) is 1. The predicted molar refractivity (Wildman–Crippen MR) is 61.4 cm³/mol. The highest BCUT2D eigenvalue weighted by molar-refractivity contribution is 5.44. The molecule has 2 rings (SSSR count). The largest absolute Gasteiger partial charge is 0.393 e. The number of aromatic amines is 1. The summed E-state index contributed by atoms with van der Waals surface area (Å²) in [6.45, 7) is 0.0280. The summed E-state index contributed by atoms with van der Waals surface area (Å²) >= 11 is 0. The second kappa shape index (κ2) is 4.81. The lowest BCUT2D eigenvalue weighted by atomic mass is 10.3. The Morgan fingerprint density at radius 1 is 1.32 bits per heavy atom. The number of benzene rings is 1. The fraction of sp³-hybridized carbons (Fsp3) is 0.182. The molecule has 0 aliphatic rings. The lowest BCUT2D eigenvalue weighted by Gasteiger charge is -2.03. The van der Waals surface area contributed by atoms with Gasteiger partial charge in [0.15, 0.2) is 17.5 Å². The summed E-state index contributed by atoms with van der Waals surface area (Å²) in [4.78, 5) is 11.8. The minimum atomic E-state index is -1.60. The van der Waals surface area contributed by atoms with E-state index < -0.39 is 23.0 Å². The third-order valence-electron chi connectivity index (χ3n) is 2.52. The van der Waals surface area contributed by atoms with Gasteiger partial charge < -0.3 is 10.5 Å². The maximum atomic E-state index is 13.1. The van der Waals surface area contributed by atoms with Gasteiger partial charge in [0.1, 0.15) is 5.69 Å². The predicted octanol–water partition coefficient (Wildman–Crippen LogP) is 1.31. The Labute approximate surface area is 105 Å². The standard InChI is InChI=1S/C11H10F3N3O2/c1-19-4-8-10(15)11(18)17(16-8)5-2-6(12)9(14)7(13)3-5/h2-3,16H,4,15H2,1H3. The number of nitrogens with zero attached hydrogens (tertiary/aromatic N) is 1. The molecule has 0 spiro atoms. The molecule has 0 saturated carbocycles. The van der Waals surface area contributed by atoms with Gasteiger partial charge in [0.2, 0.25) is 0 Å². The van der Waals surface area contributed by atoms with Gasteiger partial charge >= 0.3 is 0 Å². The van der Waals surface area contributed by atoms with Crippen LogP contribution in [0.2, 0.25) is 0 Å². The molecule has 102 valence electrons. The third-order valence-corrected chi connectivity index (χ3v) is 2.52. The Morgan fingerprint density at radius 2 is 1.89 bits per heavy atom. The zero-order chi connectivity index (χ0) is 14.2. The molecule has 1 aromatic carbocycles. The van der Waals surface area contributed by atoms with Crippen LogP contribution in [0, 0.1) is 17.5 Å². The van der Waals surface area contributed by atoms with Crippen LogP contribution in [0.25, 0.3) is 5.69 Å². The molecule has 0 amide bonds. The summed E-state index contributed by atoms with van der Waals surface area (Å²) in [6.07, 6.45) is 0. The maximum absolute atomic E-state index is 13.1. The number of hydrogen-bond donors (Lipinski definition) is 2. The second-order valence-electron chi connectivity index (χ2n) is 3.80. The molecule has 8 heteroatoms. The first-order valence-electron chi connectivity index (χ1n) is 5.19. The number of halogens is 3. The monoisotopic (exact) mass is 273 g/mol. The van der Waals surface area contributed by atoms with E-state index in [0.29, 0.717) is 12.1 Å². The lowest BCUT2D eigenvalue weighted by molar-refractivity contribution is 0.181. The molecule has 0 aliphatic carbocycles. The second-order valence-corrected chi connectivity index (χ2v) is 3.80. The van der Waals surface area contributed by atoms with Gasteiger partial charge in [-0.2, -0.15) is 0 Å². The van der Waals surface area contributed by atoms with E-state index in [1.54, 1.807) is 0 Å². The van der Waals surface area contributed by atoms with Crippen LogP contribution in [0.4, 0.5) is 18.9 Å². The molecule has 1 heterocycles. The van der Waals surface area contributed by atoms with E-state index in [-0.39, 0.29) is 23.7 Å². The molecule has 3 N–H and O–H groups in total. The fourth-order valence-electron chi connectivity index (χ4n) is 1.60. The van der Waals surface area contributed by atoms with Crippen LogP contribution in [0.1, 0.15) is 5.69 Å². The summed E-state index contributed by atoms with van der Waals surface area (Å²) < 4.78 is 44.7. The number of methoxy groups -OCH3 is 1. The number of anilines is 1. The molecule has 0 atom stereocenters. The van der Waals surface area contributed by atoms with Crippen molar-refractivity contribution in [2.24, 2.45) is 0 Å². The molecule has 0 bridgehead atoms. The zero-order valence-corrected chi connectivity index (χ0v) is 9.84. The Morgan fingerprint density at radius 3 is 2.42 bits per heavy atom. The van der Waals surface area contributed by atoms with E-state index in [0.717, 1.165) is 4.68 Å². The van der Waals surface area contributed by atoms with E-state index in [9.17, 15) is 18.0 Å². The van der Waals surface area contributed by atoms with Crippen LogP contribution in [0.5, 0.6) is 0 Å².